The summed E-state index contributed by atoms with van der Waals surface area (Å²) >= 11 is 0. The molecule has 1 aromatic heterocycles. The van der Waals surface area contributed by atoms with Gasteiger partial charge in [-0.2, -0.15) is 0 Å². The molecular formula is C23H24N4O3. The van der Waals surface area contributed by atoms with Gasteiger partial charge in [0.1, 0.15) is 6.54 Å². The van der Waals surface area contributed by atoms with Gasteiger partial charge < -0.3 is 15.3 Å². The molecule has 0 aliphatic rings. The van der Waals surface area contributed by atoms with Gasteiger partial charge in [-0.05, 0) is 38.0 Å². The zero-order valence-electron chi connectivity index (χ0n) is 17.0. The average Bonchev–Trinajstić information content (AvgIpc) is 2.73. The Bertz CT molecular complexity index is 1020. The van der Waals surface area contributed by atoms with Crippen molar-refractivity contribution in [1.29, 1.82) is 0 Å². The van der Waals surface area contributed by atoms with E-state index in [1.165, 1.54) is 11.1 Å². The van der Waals surface area contributed by atoms with E-state index in [0.29, 0.717) is 23.6 Å². The van der Waals surface area contributed by atoms with Gasteiger partial charge in [-0.1, -0.05) is 48.0 Å². The van der Waals surface area contributed by atoms with E-state index in [9.17, 15) is 14.7 Å². The van der Waals surface area contributed by atoms with Crippen LogP contribution in [0.2, 0.25) is 0 Å². The number of nitrogens with one attached hydrogen (secondary N) is 1. The maximum Gasteiger partial charge on any atom is 0.323 e. The number of hydrogen-bond acceptors (Lipinski definition) is 5. The number of carboxylic acids is 1. The molecule has 30 heavy (non-hydrogen) atoms. The molecule has 154 valence electrons. The van der Waals surface area contributed by atoms with E-state index in [2.05, 4.69) is 15.3 Å². The number of benzene rings is 2. The average molecular weight is 404 g/mol. The predicted octanol–water partition coefficient (Wildman–Crippen LogP) is 3.61. The van der Waals surface area contributed by atoms with Gasteiger partial charge in [0, 0.05) is 18.4 Å². The summed E-state index contributed by atoms with van der Waals surface area (Å²) in [5.41, 5.74) is 3.80. The van der Waals surface area contributed by atoms with Crippen molar-refractivity contribution < 1.29 is 14.7 Å². The highest BCUT2D eigenvalue weighted by atomic mass is 16.4. The van der Waals surface area contributed by atoms with Crippen molar-refractivity contribution in [3.05, 3.63) is 83.2 Å². The van der Waals surface area contributed by atoms with Gasteiger partial charge in [0.05, 0.1) is 11.3 Å². The maximum absolute atomic E-state index is 13.0. The quantitative estimate of drug-likeness (QED) is 0.596. The van der Waals surface area contributed by atoms with Gasteiger partial charge >= 0.3 is 5.97 Å². The lowest BCUT2D eigenvalue weighted by Crippen LogP contribution is -2.37. The van der Waals surface area contributed by atoms with Crippen molar-refractivity contribution in [3.8, 4) is 0 Å². The Morgan fingerprint density at radius 2 is 1.73 bits per heavy atom. The second kappa shape index (κ2) is 9.65. The molecule has 1 heterocycles. The zero-order valence-corrected chi connectivity index (χ0v) is 17.0. The Kier molecular flexibility index (Phi) is 6.75. The normalized spacial score (nSPS) is 10.5. The fourth-order valence-electron chi connectivity index (χ4n) is 3.00. The van der Waals surface area contributed by atoms with Crippen LogP contribution >= 0.6 is 0 Å². The van der Waals surface area contributed by atoms with Crippen molar-refractivity contribution in [2.45, 2.75) is 20.3 Å². The SMILES string of the molecule is Cc1ccc(Nc2ncc(C(=O)N(CCc3ccccc3)CC(=O)O)c(C)n2)cc1. The summed E-state index contributed by atoms with van der Waals surface area (Å²) in [5.74, 6) is -1.08. The van der Waals surface area contributed by atoms with Crippen molar-refractivity contribution in [2.24, 2.45) is 0 Å². The molecule has 0 fully saturated rings. The van der Waals surface area contributed by atoms with E-state index in [1.807, 2.05) is 61.5 Å². The van der Waals surface area contributed by atoms with Gasteiger partial charge in [-0.3, -0.25) is 9.59 Å². The molecule has 0 radical (unpaired) electrons. The van der Waals surface area contributed by atoms with Crippen molar-refractivity contribution in [3.63, 3.8) is 0 Å². The molecule has 0 unspecified atom stereocenters. The van der Waals surface area contributed by atoms with Crippen LogP contribution in [0.15, 0.2) is 60.8 Å². The van der Waals surface area contributed by atoms with Crippen LogP contribution in [0.3, 0.4) is 0 Å². The molecule has 7 heteroatoms. The monoisotopic (exact) mass is 404 g/mol. The standard InChI is InChI=1S/C23H24N4O3/c1-16-8-10-19(11-9-16)26-23-24-14-20(17(2)25-23)22(30)27(15-21(28)29)13-12-18-6-4-3-5-7-18/h3-11,14H,12-13,15H2,1-2H3,(H,28,29)(H,24,25,26). The molecule has 0 bridgehead atoms. The molecule has 1 amide bonds. The number of aryl methyl sites for hydroxylation is 2. The second-order valence-electron chi connectivity index (χ2n) is 7.04. The minimum Gasteiger partial charge on any atom is -0.480 e. The van der Waals surface area contributed by atoms with E-state index >= 15 is 0 Å². The molecule has 0 atom stereocenters. The number of nitrogens with zero attached hydrogens (tertiary/aromatic N) is 3. The zero-order chi connectivity index (χ0) is 21.5. The maximum atomic E-state index is 13.0. The fraction of sp³-hybridized carbons (Fsp3) is 0.217. The summed E-state index contributed by atoms with van der Waals surface area (Å²) in [6.45, 7) is 3.63. The smallest absolute Gasteiger partial charge is 0.323 e. The molecular weight excluding hydrogens is 380 g/mol. The summed E-state index contributed by atoms with van der Waals surface area (Å²) in [6.07, 6.45) is 2.01. The van der Waals surface area contributed by atoms with Crippen LogP contribution in [-0.4, -0.2) is 44.9 Å². The molecule has 7 nitrogen and oxygen atoms in total. The van der Waals surface area contributed by atoms with E-state index < -0.39 is 11.9 Å². The Hall–Kier alpha value is -3.74. The van der Waals surface area contributed by atoms with Crippen LogP contribution < -0.4 is 5.32 Å². The van der Waals surface area contributed by atoms with Gasteiger partial charge in [-0.25, -0.2) is 9.97 Å². The highest BCUT2D eigenvalue weighted by Gasteiger charge is 2.21. The summed E-state index contributed by atoms with van der Waals surface area (Å²) in [5, 5.41) is 12.3. The molecule has 0 saturated carbocycles. The second-order valence-corrected chi connectivity index (χ2v) is 7.04. The molecule has 0 aliphatic heterocycles. The largest absolute Gasteiger partial charge is 0.480 e. The number of anilines is 2. The van der Waals surface area contributed by atoms with Crippen molar-refractivity contribution in [2.75, 3.05) is 18.4 Å². The van der Waals surface area contributed by atoms with Gasteiger partial charge in [0.25, 0.3) is 5.91 Å². The third-order valence-electron chi connectivity index (χ3n) is 4.64. The van der Waals surface area contributed by atoms with Crippen LogP contribution in [0.5, 0.6) is 0 Å². The highest BCUT2D eigenvalue weighted by molar-refractivity contribution is 5.96. The Balaban J connectivity index is 1.74. The van der Waals surface area contributed by atoms with Crippen LogP contribution in [-0.2, 0) is 11.2 Å². The third kappa shape index (κ3) is 5.64. The Labute approximate surface area is 175 Å². The molecule has 0 aliphatic carbocycles. The predicted molar refractivity (Wildman–Crippen MR) is 115 cm³/mol. The fourth-order valence-corrected chi connectivity index (χ4v) is 3.00. The van der Waals surface area contributed by atoms with Gasteiger partial charge in [0.2, 0.25) is 5.95 Å². The minimum atomic E-state index is -1.06. The number of amides is 1. The summed E-state index contributed by atoms with van der Waals surface area (Å²) in [6, 6.07) is 17.4. The molecule has 3 rings (SSSR count). The van der Waals surface area contributed by atoms with Crippen molar-refractivity contribution >= 4 is 23.5 Å². The number of aliphatic carboxylic acids is 1. The molecule has 2 N–H and O–H groups in total. The van der Waals surface area contributed by atoms with Gasteiger partial charge in [0.15, 0.2) is 0 Å². The first-order valence-electron chi connectivity index (χ1n) is 9.64. The lowest BCUT2D eigenvalue weighted by atomic mass is 10.1. The van der Waals surface area contributed by atoms with E-state index in [-0.39, 0.29) is 13.1 Å². The number of carboxylic acid groups (broad SMARTS) is 1. The van der Waals surface area contributed by atoms with Crippen molar-refractivity contribution in [1.82, 2.24) is 14.9 Å². The van der Waals surface area contributed by atoms with E-state index in [4.69, 9.17) is 0 Å². The lowest BCUT2D eigenvalue weighted by Gasteiger charge is -2.21. The molecule has 0 spiro atoms. The number of aromatic nitrogens is 2. The first kappa shape index (κ1) is 21.0. The van der Waals surface area contributed by atoms with Crippen LogP contribution in [0.1, 0.15) is 27.2 Å². The molecule has 3 aromatic rings. The van der Waals surface area contributed by atoms with Crippen LogP contribution in [0.4, 0.5) is 11.6 Å². The highest BCUT2D eigenvalue weighted by Crippen LogP contribution is 2.16. The van der Waals surface area contributed by atoms with Crippen LogP contribution in [0.25, 0.3) is 0 Å². The minimum absolute atomic E-state index is 0.290. The lowest BCUT2D eigenvalue weighted by molar-refractivity contribution is -0.137. The topological polar surface area (TPSA) is 95.4 Å². The molecule has 0 saturated heterocycles. The summed E-state index contributed by atoms with van der Waals surface area (Å²) < 4.78 is 0. The van der Waals surface area contributed by atoms with Gasteiger partial charge in [-0.15, -0.1) is 0 Å². The summed E-state index contributed by atoms with van der Waals surface area (Å²) in [4.78, 5) is 34.2. The summed E-state index contributed by atoms with van der Waals surface area (Å²) in [7, 11) is 0. The molecule has 2 aromatic carbocycles. The number of hydrogen-bond donors (Lipinski definition) is 2. The first-order chi connectivity index (χ1) is 14.4. The Morgan fingerprint density at radius 1 is 1.03 bits per heavy atom. The number of carbonyl (C=O) groups excluding carboxylic acids is 1. The Morgan fingerprint density at radius 3 is 2.37 bits per heavy atom. The first-order valence-corrected chi connectivity index (χ1v) is 9.64. The van der Waals surface area contributed by atoms with E-state index in [1.54, 1.807) is 6.92 Å². The number of rotatable bonds is 8. The van der Waals surface area contributed by atoms with Crippen LogP contribution in [0, 0.1) is 13.8 Å². The number of carbonyl (C=O) groups is 2. The third-order valence-corrected chi connectivity index (χ3v) is 4.64. The van der Waals surface area contributed by atoms with E-state index in [0.717, 1.165) is 16.8 Å².